The molecule has 1 heterocycles. The quantitative estimate of drug-likeness (QED) is 0.919. The van der Waals surface area contributed by atoms with Gasteiger partial charge in [0.05, 0.1) is 7.11 Å². The molecule has 4 heteroatoms. The first-order valence-corrected chi connectivity index (χ1v) is 6.53. The Hall–Kier alpha value is -1.97. The topological polar surface area (TPSA) is 43.3 Å². The van der Waals surface area contributed by atoms with E-state index in [-0.39, 0.29) is 11.5 Å². The number of aryl methyl sites for hydroxylation is 1. The highest BCUT2D eigenvalue weighted by atomic mass is 16.5. The van der Waals surface area contributed by atoms with Crippen molar-refractivity contribution >= 4 is 17.0 Å². The van der Waals surface area contributed by atoms with Crippen LogP contribution in [0.2, 0.25) is 0 Å². The molecule has 4 nitrogen and oxygen atoms in total. The molecule has 1 saturated carbocycles. The molecular weight excluding hydrogens is 240 g/mol. The predicted molar refractivity (Wildman–Crippen MR) is 74.2 cm³/mol. The molecule has 0 radical (unpaired) electrons. The highest BCUT2D eigenvalue weighted by Gasteiger charge is 2.46. The van der Waals surface area contributed by atoms with E-state index in [0.717, 1.165) is 12.8 Å². The number of nitrogens with one attached hydrogen (secondary N) is 1. The van der Waals surface area contributed by atoms with Gasteiger partial charge in [-0.15, -0.1) is 0 Å². The molecule has 0 atom stereocenters. The maximum absolute atomic E-state index is 11.2. The van der Waals surface area contributed by atoms with Crippen LogP contribution in [-0.4, -0.2) is 24.3 Å². The average Bonchev–Trinajstić information content (AvgIpc) is 3.16. The molecule has 2 aromatic rings. The number of alkyl carbamates (subject to hydrolysis) is 1. The SMILES string of the molecule is COC(=O)NCC1(c2cn(C)c3ccccc23)CC1. The van der Waals surface area contributed by atoms with Crippen LogP contribution in [0.25, 0.3) is 10.9 Å². The average molecular weight is 258 g/mol. The summed E-state index contributed by atoms with van der Waals surface area (Å²) in [7, 11) is 3.46. The molecule has 0 bridgehead atoms. The Bertz CT molecular complexity index is 626. The summed E-state index contributed by atoms with van der Waals surface area (Å²) in [6.07, 6.45) is 4.07. The molecule has 0 spiro atoms. The minimum Gasteiger partial charge on any atom is -0.453 e. The number of carbonyl (C=O) groups is 1. The van der Waals surface area contributed by atoms with Crippen molar-refractivity contribution in [1.82, 2.24) is 9.88 Å². The second-order valence-corrected chi connectivity index (χ2v) is 5.30. The summed E-state index contributed by atoms with van der Waals surface area (Å²) < 4.78 is 6.80. The molecule has 100 valence electrons. The molecule has 0 saturated heterocycles. The summed E-state index contributed by atoms with van der Waals surface area (Å²) in [5.41, 5.74) is 2.67. The second-order valence-electron chi connectivity index (χ2n) is 5.30. The van der Waals surface area contributed by atoms with Crippen LogP contribution in [0, 0.1) is 0 Å². The van der Waals surface area contributed by atoms with Gasteiger partial charge in [0.1, 0.15) is 0 Å². The van der Waals surface area contributed by atoms with Crippen molar-refractivity contribution < 1.29 is 9.53 Å². The maximum Gasteiger partial charge on any atom is 0.406 e. The van der Waals surface area contributed by atoms with Gasteiger partial charge >= 0.3 is 6.09 Å². The Morgan fingerprint density at radius 3 is 2.84 bits per heavy atom. The Morgan fingerprint density at radius 2 is 2.16 bits per heavy atom. The van der Waals surface area contributed by atoms with Gasteiger partial charge in [-0.1, -0.05) is 18.2 Å². The van der Waals surface area contributed by atoms with Gasteiger partial charge in [-0.2, -0.15) is 0 Å². The molecule has 1 aliphatic carbocycles. The third-order valence-electron chi connectivity index (χ3n) is 4.08. The number of benzene rings is 1. The summed E-state index contributed by atoms with van der Waals surface area (Å²) in [4.78, 5) is 11.2. The minimum atomic E-state index is -0.355. The Kier molecular flexibility index (Phi) is 2.73. The number of methoxy groups -OCH3 is 1. The monoisotopic (exact) mass is 258 g/mol. The van der Waals surface area contributed by atoms with Crippen molar-refractivity contribution in [2.24, 2.45) is 7.05 Å². The lowest BCUT2D eigenvalue weighted by molar-refractivity contribution is 0.170. The van der Waals surface area contributed by atoms with E-state index in [1.807, 2.05) is 0 Å². The van der Waals surface area contributed by atoms with Crippen LogP contribution in [0.1, 0.15) is 18.4 Å². The number of amides is 1. The summed E-state index contributed by atoms with van der Waals surface area (Å²) in [6, 6.07) is 8.40. The number of fused-ring (bicyclic) bond motifs is 1. The van der Waals surface area contributed by atoms with E-state index in [1.54, 1.807) is 0 Å². The van der Waals surface area contributed by atoms with Gasteiger partial charge in [-0.3, -0.25) is 0 Å². The van der Waals surface area contributed by atoms with Gasteiger partial charge in [-0.05, 0) is 24.5 Å². The fourth-order valence-corrected chi connectivity index (χ4v) is 2.77. The number of hydrogen-bond donors (Lipinski definition) is 1. The Balaban J connectivity index is 1.93. The van der Waals surface area contributed by atoms with Crippen LogP contribution in [-0.2, 0) is 17.2 Å². The van der Waals surface area contributed by atoms with E-state index in [9.17, 15) is 4.79 Å². The summed E-state index contributed by atoms with van der Waals surface area (Å²) in [6.45, 7) is 0.647. The molecule has 1 aromatic carbocycles. The van der Waals surface area contributed by atoms with Crippen LogP contribution >= 0.6 is 0 Å². The van der Waals surface area contributed by atoms with Crippen molar-refractivity contribution in [2.75, 3.05) is 13.7 Å². The molecular formula is C15H18N2O2. The molecule has 1 aromatic heterocycles. The zero-order valence-electron chi connectivity index (χ0n) is 11.3. The summed E-state index contributed by atoms with van der Waals surface area (Å²) >= 11 is 0. The first-order valence-electron chi connectivity index (χ1n) is 6.53. The summed E-state index contributed by atoms with van der Waals surface area (Å²) in [5, 5.41) is 4.12. The van der Waals surface area contributed by atoms with Crippen LogP contribution in [0.4, 0.5) is 4.79 Å². The molecule has 1 fully saturated rings. The van der Waals surface area contributed by atoms with Crippen molar-refractivity contribution in [3.8, 4) is 0 Å². The first-order chi connectivity index (χ1) is 9.16. The lowest BCUT2D eigenvalue weighted by atomic mass is 9.95. The number of carbonyl (C=O) groups excluding carboxylic acids is 1. The lowest BCUT2D eigenvalue weighted by Crippen LogP contribution is -2.31. The van der Waals surface area contributed by atoms with E-state index in [4.69, 9.17) is 0 Å². The molecule has 1 amide bonds. The largest absolute Gasteiger partial charge is 0.453 e. The fraction of sp³-hybridized carbons (Fsp3) is 0.400. The number of ether oxygens (including phenoxy) is 1. The number of para-hydroxylation sites is 1. The van der Waals surface area contributed by atoms with Crippen LogP contribution in [0.5, 0.6) is 0 Å². The summed E-state index contributed by atoms with van der Waals surface area (Å²) in [5.74, 6) is 0. The molecule has 1 N–H and O–H groups in total. The number of nitrogens with zero attached hydrogens (tertiary/aromatic N) is 1. The Morgan fingerprint density at radius 1 is 1.42 bits per heavy atom. The van der Waals surface area contributed by atoms with E-state index in [1.165, 1.54) is 23.6 Å². The van der Waals surface area contributed by atoms with Gasteiger partial charge in [-0.25, -0.2) is 4.79 Å². The highest BCUT2D eigenvalue weighted by molar-refractivity contribution is 5.85. The standard InChI is InChI=1S/C15H18N2O2/c1-17-9-12(11-5-3-4-6-13(11)17)15(7-8-15)10-16-14(18)19-2/h3-6,9H,7-8,10H2,1-2H3,(H,16,18). The third-order valence-corrected chi connectivity index (χ3v) is 4.08. The molecule has 3 rings (SSSR count). The maximum atomic E-state index is 11.2. The van der Waals surface area contributed by atoms with Crippen molar-refractivity contribution in [3.63, 3.8) is 0 Å². The van der Waals surface area contributed by atoms with E-state index in [0.29, 0.717) is 6.54 Å². The third kappa shape index (κ3) is 1.97. The van der Waals surface area contributed by atoms with E-state index in [2.05, 4.69) is 52.1 Å². The highest BCUT2D eigenvalue weighted by Crippen LogP contribution is 2.50. The molecule has 0 aliphatic heterocycles. The van der Waals surface area contributed by atoms with Gasteiger partial charge < -0.3 is 14.6 Å². The molecule has 0 unspecified atom stereocenters. The first kappa shape index (κ1) is 12.1. The second kappa shape index (κ2) is 4.30. The van der Waals surface area contributed by atoms with E-state index >= 15 is 0 Å². The molecule has 19 heavy (non-hydrogen) atoms. The number of hydrogen-bond acceptors (Lipinski definition) is 2. The van der Waals surface area contributed by atoms with Gasteiger partial charge in [0.15, 0.2) is 0 Å². The Labute approximate surface area is 112 Å². The van der Waals surface area contributed by atoms with Crippen LogP contribution in [0.15, 0.2) is 30.5 Å². The normalized spacial score (nSPS) is 16.3. The fourth-order valence-electron chi connectivity index (χ4n) is 2.77. The number of aromatic nitrogens is 1. The van der Waals surface area contributed by atoms with E-state index < -0.39 is 0 Å². The van der Waals surface area contributed by atoms with Crippen LogP contribution in [0.3, 0.4) is 0 Å². The van der Waals surface area contributed by atoms with Crippen molar-refractivity contribution in [1.29, 1.82) is 0 Å². The zero-order chi connectivity index (χ0) is 13.5. The zero-order valence-corrected chi connectivity index (χ0v) is 11.3. The molecule has 1 aliphatic rings. The van der Waals surface area contributed by atoms with Gasteiger partial charge in [0.25, 0.3) is 0 Å². The predicted octanol–water partition coefficient (Wildman–Crippen LogP) is 2.57. The number of rotatable bonds is 3. The lowest BCUT2D eigenvalue weighted by Gasteiger charge is -2.15. The van der Waals surface area contributed by atoms with Crippen LogP contribution < -0.4 is 5.32 Å². The van der Waals surface area contributed by atoms with Gasteiger partial charge in [0, 0.05) is 36.1 Å². The minimum absolute atomic E-state index is 0.0923. The smallest absolute Gasteiger partial charge is 0.406 e. The van der Waals surface area contributed by atoms with Gasteiger partial charge in [0.2, 0.25) is 0 Å². The van der Waals surface area contributed by atoms with Crippen molar-refractivity contribution in [2.45, 2.75) is 18.3 Å². The van der Waals surface area contributed by atoms with Crippen molar-refractivity contribution in [3.05, 3.63) is 36.0 Å².